The van der Waals surface area contributed by atoms with Crippen molar-refractivity contribution in [1.29, 1.82) is 0 Å². The van der Waals surface area contributed by atoms with Gasteiger partial charge in [0.15, 0.2) is 8.07 Å². The highest BCUT2D eigenvalue weighted by Crippen LogP contribution is 2.41. The monoisotopic (exact) mass is 1020 g/mol. The molecule has 0 aliphatic carbocycles. The van der Waals surface area contributed by atoms with Gasteiger partial charge in [0, 0.05) is 68.4 Å². The average Bonchev–Trinajstić information content (AvgIpc) is 4.35. The molecule has 0 unspecified atom stereocenters. The molecule has 17 rings (SSSR count). The minimum Gasteiger partial charge on any atom is -0.456 e. The van der Waals surface area contributed by atoms with E-state index >= 15 is 0 Å². The normalized spacial score (nSPS) is 11.9. The molecule has 0 saturated carbocycles. The maximum absolute atomic E-state index is 6.42. The Morgan fingerprint density at radius 2 is 0.671 bits per heavy atom. The minimum atomic E-state index is -2.83. The zero-order chi connectivity index (χ0) is 51.3. The first-order valence-corrected chi connectivity index (χ1v) is 28.7. The van der Waals surface area contributed by atoms with Crippen molar-refractivity contribution in [3.63, 3.8) is 0 Å². The summed E-state index contributed by atoms with van der Waals surface area (Å²) in [7, 11) is -2.83. The molecule has 0 spiro atoms. The molecule has 5 heterocycles. The molecule has 0 fully saturated rings. The van der Waals surface area contributed by atoms with E-state index in [4.69, 9.17) is 8.83 Å². The molecule has 7 heteroatoms. The van der Waals surface area contributed by atoms with Crippen molar-refractivity contribution < 1.29 is 8.83 Å². The maximum Gasteiger partial charge on any atom is 0.179 e. The molecule has 0 aliphatic rings. The van der Waals surface area contributed by atoms with E-state index in [2.05, 4.69) is 275 Å². The number of aromatic amines is 1. The van der Waals surface area contributed by atoms with Crippen LogP contribution in [0.4, 0.5) is 0 Å². The fourth-order valence-electron chi connectivity index (χ4n) is 13.0. The zero-order valence-electron chi connectivity index (χ0n) is 42.8. The largest absolute Gasteiger partial charge is 0.456 e. The maximum atomic E-state index is 6.42. The summed E-state index contributed by atoms with van der Waals surface area (Å²) >= 11 is 0. The zero-order valence-corrected chi connectivity index (χ0v) is 43.8. The molecule has 0 amide bonds. The second-order valence-electron chi connectivity index (χ2n) is 20.4. The van der Waals surface area contributed by atoms with Crippen LogP contribution in [0.25, 0.3) is 121 Å². The molecule has 79 heavy (non-hydrogen) atoms. The molecule has 0 bridgehead atoms. The van der Waals surface area contributed by atoms with Gasteiger partial charge in [0.1, 0.15) is 22.3 Å². The number of benzene rings is 12. The van der Waals surface area contributed by atoms with Gasteiger partial charge >= 0.3 is 0 Å². The van der Waals surface area contributed by atoms with Gasteiger partial charge in [0.25, 0.3) is 0 Å². The average molecular weight is 1030 g/mol. The predicted octanol–water partition coefficient (Wildman–Crippen LogP) is 16.0. The lowest BCUT2D eigenvalue weighted by Gasteiger charge is -2.34. The fraction of sp³-hybridized carbons (Fsp3) is 0. The summed E-state index contributed by atoms with van der Waals surface area (Å²) in [5.41, 5.74) is 13.1. The Kier molecular flexibility index (Phi) is 10.7. The predicted molar refractivity (Wildman–Crippen MR) is 335 cm³/mol. The van der Waals surface area contributed by atoms with Crippen molar-refractivity contribution in [2.45, 2.75) is 0 Å². The molecular weight excluding hydrogens is 978 g/mol. The summed E-state index contributed by atoms with van der Waals surface area (Å²) in [6, 6.07) is 101. The van der Waals surface area contributed by atoms with Crippen LogP contribution in [-0.2, 0) is 0 Å². The lowest BCUT2D eigenvalue weighted by Crippen LogP contribution is -2.74. The summed E-state index contributed by atoms with van der Waals surface area (Å²) in [5.74, 6) is 0. The lowest BCUT2D eigenvalue weighted by atomic mass is 10.1. The van der Waals surface area contributed by atoms with Crippen LogP contribution in [0.15, 0.2) is 288 Å². The Balaban J connectivity index is 0.000000215. The van der Waals surface area contributed by atoms with Crippen LogP contribution >= 0.6 is 0 Å². The van der Waals surface area contributed by atoms with Gasteiger partial charge in [-0.25, -0.2) is 0 Å². The Morgan fingerprint density at radius 1 is 0.278 bits per heavy atom. The Bertz CT molecular complexity index is 5050. The molecule has 1 N–H and O–H groups in total. The number of nitrogens with one attached hydrogen (secondary N) is 1. The van der Waals surface area contributed by atoms with E-state index in [1.807, 2.05) is 18.2 Å². The summed E-state index contributed by atoms with van der Waals surface area (Å²) in [5, 5.41) is 17.5. The fourth-order valence-corrected chi connectivity index (χ4v) is 17.7. The molecule has 5 aromatic heterocycles. The Labute approximate surface area is 457 Å². The lowest BCUT2D eigenvalue weighted by molar-refractivity contribution is 0.669. The van der Waals surface area contributed by atoms with Crippen molar-refractivity contribution in [3.8, 4) is 11.4 Å². The molecular formula is C72H47BN3O2Si. The van der Waals surface area contributed by atoms with Gasteiger partial charge in [-0.3, -0.25) is 0 Å². The van der Waals surface area contributed by atoms with Crippen LogP contribution < -0.4 is 20.7 Å². The molecule has 0 aliphatic heterocycles. The van der Waals surface area contributed by atoms with Crippen molar-refractivity contribution in [2.75, 3.05) is 0 Å². The summed E-state index contributed by atoms with van der Waals surface area (Å²) < 4.78 is 17.2. The quantitative estimate of drug-likeness (QED) is 0.133. The van der Waals surface area contributed by atoms with E-state index in [1.165, 1.54) is 91.4 Å². The van der Waals surface area contributed by atoms with Crippen LogP contribution in [0, 0.1) is 0 Å². The number of furan rings is 2. The van der Waals surface area contributed by atoms with Crippen LogP contribution in [0.2, 0.25) is 0 Å². The van der Waals surface area contributed by atoms with Crippen molar-refractivity contribution in [3.05, 3.63) is 279 Å². The SMILES string of the molecule is [B].c1ccc([Si](c2ccccc2)(c2ccc(-n3c4ccccc4c4ccccc43)cc2)c2ccc(-n3c4ccccc4c4ccc5oc6ccccc6c5c43)cc2)cc1.c1ccc2c(c1)[nH]c1c2ccc2oc3ccccc3c21. The summed E-state index contributed by atoms with van der Waals surface area (Å²) in [6.45, 7) is 0. The first-order chi connectivity index (χ1) is 38.7. The van der Waals surface area contributed by atoms with Crippen molar-refractivity contribution >= 4 is 147 Å². The molecule has 0 saturated heterocycles. The molecule has 0 atom stereocenters. The molecule has 12 aromatic carbocycles. The third kappa shape index (κ3) is 6.96. The van der Waals surface area contributed by atoms with Gasteiger partial charge in [-0.15, -0.1) is 0 Å². The molecule has 17 aromatic rings. The number of para-hydroxylation sites is 6. The number of rotatable bonds is 6. The molecule has 5 nitrogen and oxygen atoms in total. The van der Waals surface area contributed by atoms with E-state index in [0.29, 0.717) is 0 Å². The number of H-pyrrole nitrogens is 1. The number of nitrogens with zero attached hydrogens (tertiary/aromatic N) is 2. The van der Waals surface area contributed by atoms with Gasteiger partial charge in [0.2, 0.25) is 0 Å². The third-order valence-electron chi connectivity index (χ3n) is 16.3. The Morgan fingerprint density at radius 3 is 1.23 bits per heavy atom. The summed E-state index contributed by atoms with van der Waals surface area (Å²) in [4.78, 5) is 3.54. The van der Waals surface area contributed by atoms with Crippen molar-refractivity contribution in [1.82, 2.24) is 14.1 Å². The summed E-state index contributed by atoms with van der Waals surface area (Å²) in [6.07, 6.45) is 0. The number of aromatic nitrogens is 3. The smallest absolute Gasteiger partial charge is 0.179 e. The second-order valence-corrected chi connectivity index (χ2v) is 24.2. The van der Waals surface area contributed by atoms with Crippen LogP contribution in [0.3, 0.4) is 0 Å². The highest BCUT2D eigenvalue weighted by molar-refractivity contribution is 7.19. The van der Waals surface area contributed by atoms with Crippen molar-refractivity contribution in [2.24, 2.45) is 0 Å². The number of hydrogen-bond acceptors (Lipinski definition) is 2. The van der Waals surface area contributed by atoms with Crippen LogP contribution in [-0.4, -0.2) is 30.6 Å². The highest BCUT2D eigenvalue weighted by atomic mass is 28.3. The minimum absolute atomic E-state index is 0. The van der Waals surface area contributed by atoms with Gasteiger partial charge in [-0.2, -0.15) is 0 Å². The van der Waals surface area contributed by atoms with Gasteiger partial charge in [0.05, 0.1) is 38.4 Å². The standard InChI is InChI=1S/C54H36N2OSi.C18H11NO.B/c1-3-15-39(16-4-1)58(40-17-5-2-6-18-40,41-31-27-37(28-32-41)55-48-23-11-7-19-43(48)44-20-8-12-24-49(44)55)42-33-29-38(30-34-42)56-50-25-13-9-21-45(50)46-35-36-52-53(54(46)56)47-22-10-14-26-51(47)57-52;1-3-7-14-11(5-1)12-9-10-16-17(18(12)19-14)13-6-2-4-8-15(13)20-16;/h1-36H;1-10,19H;. The van der Waals surface area contributed by atoms with E-state index in [9.17, 15) is 0 Å². The van der Waals surface area contributed by atoms with Crippen LogP contribution in [0.1, 0.15) is 0 Å². The number of hydrogen-bond donors (Lipinski definition) is 1. The highest BCUT2D eigenvalue weighted by Gasteiger charge is 2.41. The van der Waals surface area contributed by atoms with Crippen LogP contribution in [0.5, 0.6) is 0 Å². The van der Waals surface area contributed by atoms with Gasteiger partial charge < -0.3 is 23.0 Å². The second kappa shape index (κ2) is 18.3. The molecule has 3 radical (unpaired) electrons. The van der Waals surface area contributed by atoms with E-state index in [1.54, 1.807) is 0 Å². The topological polar surface area (TPSA) is 51.9 Å². The molecule has 369 valence electrons. The number of fused-ring (bicyclic) bond motifs is 17. The van der Waals surface area contributed by atoms with E-state index in [-0.39, 0.29) is 8.41 Å². The Hall–Kier alpha value is -10.1. The van der Waals surface area contributed by atoms with E-state index < -0.39 is 8.07 Å². The van der Waals surface area contributed by atoms with Gasteiger partial charge in [-0.05, 0) is 106 Å². The third-order valence-corrected chi connectivity index (χ3v) is 21.1. The van der Waals surface area contributed by atoms with E-state index in [0.717, 1.165) is 50.0 Å². The first kappa shape index (κ1) is 46.2. The first-order valence-electron chi connectivity index (χ1n) is 26.7. The van der Waals surface area contributed by atoms with Gasteiger partial charge in [-0.1, -0.05) is 194 Å².